The van der Waals surface area contributed by atoms with Crippen molar-refractivity contribution in [1.29, 1.82) is 0 Å². The van der Waals surface area contributed by atoms with Crippen LogP contribution in [-0.2, 0) is 9.59 Å². The first-order valence-corrected chi connectivity index (χ1v) is 6.32. The van der Waals surface area contributed by atoms with E-state index in [4.69, 9.17) is 11.6 Å². The topological polar surface area (TPSA) is 70.6 Å². The van der Waals surface area contributed by atoms with Crippen LogP contribution in [0.1, 0.15) is 17.9 Å². The van der Waals surface area contributed by atoms with Crippen molar-refractivity contribution < 1.29 is 9.59 Å². The second-order valence-electron chi connectivity index (χ2n) is 4.19. The number of hydrogen-bond acceptors (Lipinski definition) is 3. The first kappa shape index (κ1) is 13.7. The summed E-state index contributed by atoms with van der Waals surface area (Å²) in [6.45, 7) is 0.642. The summed E-state index contributed by atoms with van der Waals surface area (Å²) in [7, 11) is 1.79. The number of aliphatic imine (C=N–C) groups is 1. The van der Waals surface area contributed by atoms with Gasteiger partial charge in [-0.25, -0.2) is 0 Å². The molecule has 0 bridgehead atoms. The van der Waals surface area contributed by atoms with Gasteiger partial charge in [0.1, 0.15) is 11.8 Å². The molecule has 100 valence electrons. The summed E-state index contributed by atoms with van der Waals surface area (Å²) in [5, 5.41) is 5.97. The van der Waals surface area contributed by atoms with Crippen LogP contribution < -0.4 is 10.6 Å². The van der Waals surface area contributed by atoms with Gasteiger partial charge in [-0.3, -0.25) is 9.59 Å². The maximum Gasteiger partial charge on any atom is 0.264 e. The van der Waals surface area contributed by atoms with E-state index in [1.54, 1.807) is 31.3 Å². The lowest BCUT2D eigenvalue weighted by molar-refractivity contribution is -0.129. The van der Waals surface area contributed by atoms with E-state index < -0.39 is 11.8 Å². The quantitative estimate of drug-likeness (QED) is 0.811. The van der Waals surface area contributed by atoms with Crippen molar-refractivity contribution in [2.75, 3.05) is 13.6 Å². The number of halogens is 1. The smallest absolute Gasteiger partial charge is 0.264 e. The molecule has 6 heteroatoms. The standard InChI is InChI=1S/C13H14ClN3O2/c1-15-7-6-10-16-12(18)11(13(19)17-10)8-4-2-3-5-9(8)14/h2-5,11,15H,6-7H2,1H3,(H,16,17,18,19). The van der Waals surface area contributed by atoms with Gasteiger partial charge in [0.25, 0.3) is 5.91 Å². The Morgan fingerprint density at radius 3 is 2.74 bits per heavy atom. The van der Waals surface area contributed by atoms with E-state index in [9.17, 15) is 9.59 Å². The molecule has 1 aliphatic rings. The second-order valence-corrected chi connectivity index (χ2v) is 4.60. The SMILES string of the molecule is CNCCC1=NC(=O)C(c2ccccc2Cl)C(=O)N1. The van der Waals surface area contributed by atoms with Crippen molar-refractivity contribution in [2.24, 2.45) is 4.99 Å². The third-order valence-electron chi connectivity index (χ3n) is 2.85. The van der Waals surface area contributed by atoms with Gasteiger partial charge >= 0.3 is 0 Å². The van der Waals surface area contributed by atoms with E-state index in [1.807, 2.05) is 0 Å². The molecule has 2 N–H and O–H groups in total. The van der Waals surface area contributed by atoms with E-state index >= 15 is 0 Å². The number of carbonyl (C=O) groups excluding carboxylic acids is 2. The highest BCUT2D eigenvalue weighted by atomic mass is 35.5. The zero-order chi connectivity index (χ0) is 13.8. The van der Waals surface area contributed by atoms with Gasteiger partial charge in [-0.15, -0.1) is 0 Å². The number of benzene rings is 1. The van der Waals surface area contributed by atoms with Gasteiger partial charge in [0.05, 0.1) is 0 Å². The number of carbonyl (C=O) groups is 2. The third-order valence-corrected chi connectivity index (χ3v) is 3.19. The molecule has 1 aliphatic heterocycles. The highest BCUT2D eigenvalue weighted by molar-refractivity contribution is 6.32. The van der Waals surface area contributed by atoms with Crippen LogP contribution in [0.5, 0.6) is 0 Å². The minimum absolute atomic E-state index is 0.376. The van der Waals surface area contributed by atoms with Crippen LogP contribution in [0.15, 0.2) is 29.3 Å². The fourth-order valence-electron chi connectivity index (χ4n) is 1.90. The van der Waals surface area contributed by atoms with Gasteiger partial charge in [0, 0.05) is 18.0 Å². The lowest BCUT2D eigenvalue weighted by Crippen LogP contribution is -2.43. The van der Waals surface area contributed by atoms with E-state index in [0.29, 0.717) is 29.4 Å². The molecule has 0 aliphatic carbocycles. The Kier molecular flexibility index (Phi) is 4.29. The number of nitrogens with one attached hydrogen (secondary N) is 2. The molecule has 0 fully saturated rings. The molecule has 19 heavy (non-hydrogen) atoms. The molecule has 0 aromatic heterocycles. The van der Waals surface area contributed by atoms with E-state index in [0.717, 1.165) is 0 Å². The maximum absolute atomic E-state index is 12.0. The molecule has 2 amide bonds. The number of rotatable bonds is 4. The lowest BCUT2D eigenvalue weighted by atomic mass is 9.96. The van der Waals surface area contributed by atoms with Crippen molar-refractivity contribution in [3.8, 4) is 0 Å². The summed E-state index contributed by atoms with van der Waals surface area (Å²) in [6.07, 6.45) is 0.503. The summed E-state index contributed by atoms with van der Waals surface area (Å²) in [6, 6.07) is 6.80. The first-order valence-electron chi connectivity index (χ1n) is 5.94. The van der Waals surface area contributed by atoms with Crippen molar-refractivity contribution in [1.82, 2.24) is 10.6 Å². The number of nitrogens with zero attached hydrogens (tertiary/aromatic N) is 1. The normalized spacial score (nSPS) is 19.1. The molecule has 0 saturated carbocycles. The molecule has 0 saturated heterocycles. The highest BCUT2D eigenvalue weighted by Gasteiger charge is 2.34. The summed E-state index contributed by atoms with van der Waals surface area (Å²) in [5.74, 6) is -1.40. The van der Waals surface area contributed by atoms with Crippen LogP contribution in [0, 0.1) is 0 Å². The van der Waals surface area contributed by atoms with Gasteiger partial charge in [0.15, 0.2) is 0 Å². The van der Waals surface area contributed by atoms with Crippen molar-refractivity contribution >= 4 is 29.3 Å². The maximum atomic E-state index is 12.0. The van der Waals surface area contributed by atoms with Crippen LogP contribution in [0.2, 0.25) is 5.02 Å². The monoisotopic (exact) mass is 279 g/mol. The van der Waals surface area contributed by atoms with Gasteiger partial charge in [-0.1, -0.05) is 29.8 Å². The van der Waals surface area contributed by atoms with E-state index in [1.165, 1.54) is 0 Å². The van der Waals surface area contributed by atoms with Crippen LogP contribution in [-0.4, -0.2) is 31.2 Å². The average molecular weight is 280 g/mol. The summed E-state index contributed by atoms with van der Waals surface area (Å²) in [4.78, 5) is 28.0. The highest BCUT2D eigenvalue weighted by Crippen LogP contribution is 2.27. The minimum atomic E-state index is -0.952. The van der Waals surface area contributed by atoms with E-state index in [-0.39, 0.29) is 5.91 Å². The molecule has 1 aromatic carbocycles. The Labute approximate surface area is 116 Å². The molecular weight excluding hydrogens is 266 g/mol. The summed E-state index contributed by atoms with van der Waals surface area (Å²) in [5.41, 5.74) is 0.489. The number of amides is 2. The third kappa shape index (κ3) is 3.00. The first-order chi connectivity index (χ1) is 9.13. The molecule has 0 radical (unpaired) electrons. The zero-order valence-corrected chi connectivity index (χ0v) is 11.2. The Morgan fingerprint density at radius 2 is 2.11 bits per heavy atom. The number of hydrogen-bond donors (Lipinski definition) is 2. The molecule has 0 spiro atoms. The fourth-order valence-corrected chi connectivity index (χ4v) is 2.14. The van der Waals surface area contributed by atoms with Gasteiger partial charge in [-0.05, 0) is 18.7 Å². The van der Waals surface area contributed by atoms with Crippen LogP contribution in [0.3, 0.4) is 0 Å². The predicted octanol–water partition coefficient (Wildman–Crippen LogP) is 1.09. The minimum Gasteiger partial charge on any atom is -0.319 e. The summed E-state index contributed by atoms with van der Waals surface area (Å²) < 4.78 is 0. The van der Waals surface area contributed by atoms with Crippen molar-refractivity contribution in [2.45, 2.75) is 12.3 Å². The van der Waals surface area contributed by atoms with E-state index in [2.05, 4.69) is 15.6 Å². The molecule has 2 rings (SSSR count). The van der Waals surface area contributed by atoms with Gasteiger partial charge in [0.2, 0.25) is 5.91 Å². The zero-order valence-electron chi connectivity index (χ0n) is 10.4. The predicted molar refractivity (Wildman–Crippen MR) is 73.3 cm³/mol. The molecule has 5 nitrogen and oxygen atoms in total. The van der Waals surface area contributed by atoms with Crippen LogP contribution in [0.25, 0.3) is 0 Å². The number of amidine groups is 1. The second kappa shape index (κ2) is 5.95. The Bertz CT molecular complexity index is 542. The Balaban J connectivity index is 2.25. The molecule has 1 unspecified atom stereocenters. The fraction of sp³-hybridized carbons (Fsp3) is 0.308. The molecular formula is C13H14ClN3O2. The largest absolute Gasteiger partial charge is 0.319 e. The van der Waals surface area contributed by atoms with Crippen LogP contribution >= 0.6 is 11.6 Å². The lowest BCUT2D eigenvalue weighted by Gasteiger charge is -2.21. The van der Waals surface area contributed by atoms with Crippen molar-refractivity contribution in [3.05, 3.63) is 34.9 Å². The molecule has 1 aromatic rings. The van der Waals surface area contributed by atoms with Gasteiger partial charge in [-0.2, -0.15) is 4.99 Å². The van der Waals surface area contributed by atoms with Gasteiger partial charge < -0.3 is 10.6 Å². The van der Waals surface area contributed by atoms with Crippen LogP contribution in [0.4, 0.5) is 0 Å². The summed E-state index contributed by atoms with van der Waals surface area (Å²) >= 11 is 6.02. The molecule has 1 heterocycles. The van der Waals surface area contributed by atoms with Crippen molar-refractivity contribution in [3.63, 3.8) is 0 Å². The molecule has 1 atom stereocenters. The Morgan fingerprint density at radius 1 is 1.37 bits per heavy atom. The Hall–Kier alpha value is -1.72. The average Bonchev–Trinajstić information content (AvgIpc) is 2.38.